The SMILES string of the molecule is CCCCCCC(=O)CCCCCC/C=C/CC1OC(=O)C(N)(CO)C1O.Cl. The average Bonchev–Trinajstić information content (AvgIpc) is 2.88. The Morgan fingerprint density at radius 1 is 1.11 bits per heavy atom. The van der Waals surface area contributed by atoms with Crippen molar-refractivity contribution in [3.8, 4) is 0 Å². The van der Waals surface area contributed by atoms with Gasteiger partial charge in [0, 0.05) is 19.3 Å². The maximum atomic E-state index is 11.7. The van der Waals surface area contributed by atoms with Gasteiger partial charge in [-0.2, -0.15) is 0 Å². The van der Waals surface area contributed by atoms with E-state index in [0.717, 1.165) is 51.4 Å². The van der Waals surface area contributed by atoms with Crippen molar-refractivity contribution in [2.45, 2.75) is 102 Å². The standard InChI is InChI=1S/C21H37NO5.ClH/c1-2-3-4-10-13-17(24)14-11-8-6-5-7-9-12-15-18-19(25)21(22,16-23)20(26)27-18;/h9,12,18-19,23,25H,2-8,10-11,13-16,22H2,1H3;1H/b12-9+;. The van der Waals surface area contributed by atoms with Gasteiger partial charge in [0.2, 0.25) is 0 Å². The van der Waals surface area contributed by atoms with Gasteiger partial charge in [-0.25, -0.2) is 4.79 Å². The molecule has 0 aromatic heterocycles. The molecule has 28 heavy (non-hydrogen) atoms. The van der Waals surface area contributed by atoms with Crippen LogP contribution >= 0.6 is 12.4 Å². The van der Waals surface area contributed by atoms with E-state index < -0.39 is 30.3 Å². The van der Waals surface area contributed by atoms with Gasteiger partial charge in [-0.05, 0) is 25.7 Å². The van der Waals surface area contributed by atoms with E-state index in [1.165, 1.54) is 12.8 Å². The van der Waals surface area contributed by atoms with Crippen molar-refractivity contribution in [1.82, 2.24) is 0 Å². The summed E-state index contributed by atoms with van der Waals surface area (Å²) < 4.78 is 5.05. The number of unbranched alkanes of at least 4 members (excludes halogenated alkanes) is 7. The molecule has 0 radical (unpaired) electrons. The molecule has 7 heteroatoms. The summed E-state index contributed by atoms with van der Waals surface area (Å²) in [7, 11) is 0. The van der Waals surface area contributed by atoms with Gasteiger partial charge in [0.15, 0.2) is 5.54 Å². The van der Waals surface area contributed by atoms with Gasteiger partial charge in [0.25, 0.3) is 0 Å². The van der Waals surface area contributed by atoms with Gasteiger partial charge in [0.1, 0.15) is 18.0 Å². The van der Waals surface area contributed by atoms with Crippen LogP contribution in [0.25, 0.3) is 0 Å². The number of nitrogens with two attached hydrogens (primary N) is 1. The number of aliphatic hydroxyl groups is 2. The van der Waals surface area contributed by atoms with Crippen LogP contribution in [-0.2, 0) is 14.3 Å². The lowest BCUT2D eigenvalue weighted by molar-refractivity contribution is -0.146. The number of cyclic esters (lactones) is 1. The topological polar surface area (TPSA) is 110 Å². The summed E-state index contributed by atoms with van der Waals surface area (Å²) in [5.74, 6) is -0.356. The number of rotatable bonds is 15. The number of hydrogen-bond donors (Lipinski definition) is 3. The highest BCUT2D eigenvalue weighted by Gasteiger charge is 2.53. The Bertz CT molecular complexity index is 485. The number of carbonyl (C=O) groups is 2. The maximum Gasteiger partial charge on any atom is 0.331 e. The summed E-state index contributed by atoms with van der Waals surface area (Å²) in [6, 6.07) is 0. The fraction of sp³-hybridized carbons (Fsp3) is 0.810. The zero-order chi connectivity index (χ0) is 20.1. The van der Waals surface area contributed by atoms with Crippen molar-refractivity contribution >= 4 is 24.2 Å². The number of ether oxygens (including phenoxy) is 1. The van der Waals surface area contributed by atoms with E-state index in [1.807, 2.05) is 12.2 Å². The van der Waals surface area contributed by atoms with E-state index in [2.05, 4.69) is 6.92 Å². The first-order valence-corrected chi connectivity index (χ1v) is 10.4. The molecule has 1 fully saturated rings. The Kier molecular flexibility index (Phi) is 14.5. The van der Waals surface area contributed by atoms with Crippen molar-refractivity contribution in [3.63, 3.8) is 0 Å². The lowest BCUT2D eigenvalue weighted by atomic mass is 9.93. The molecule has 1 heterocycles. The van der Waals surface area contributed by atoms with Crippen LogP contribution in [0.2, 0.25) is 0 Å². The summed E-state index contributed by atoms with van der Waals surface area (Å²) >= 11 is 0. The molecule has 0 bridgehead atoms. The minimum atomic E-state index is -1.70. The molecule has 1 aliphatic heterocycles. The van der Waals surface area contributed by atoms with E-state index in [4.69, 9.17) is 15.6 Å². The van der Waals surface area contributed by atoms with Crippen molar-refractivity contribution in [2.75, 3.05) is 6.61 Å². The van der Waals surface area contributed by atoms with E-state index in [9.17, 15) is 14.7 Å². The molecule has 0 amide bonds. The Labute approximate surface area is 175 Å². The molecule has 0 aromatic rings. The number of aliphatic hydroxyl groups excluding tert-OH is 2. The molecule has 0 spiro atoms. The first kappa shape index (κ1) is 27.0. The van der Waals surface area contributed by atoms with Gasteiger partial charge in [-0.1, -0.05) is 51.2 Å². The Morgan fingerprint density at radius 2 is 1.71 bits per heavy atom. The first-order chi connectivity index (χ1) is 13.0. The molecule has 0 saturated carbocycles. The molecule has 164 valence electrons. The van der Waals surface area contributed by atoms with Crippen LogP contribution in [0.4, 0.5) is 0 Å². The first-order valence-electron chi connectivity index (χ1n) is 10.4. The quantitative estimate of drug-likeness (QED) is 0.213. The molecular formula is C21H38ClNO5. The second-order valence-corrected chi connectivity index (χ2v) is 7.60. The lowest BCUT2D eigenvalue weighted by Crippen LogP contribution is -2.57. The average molecular weight is 420 g/mol. The maximum absolute atomic E-state index is 11.7. The van der Waals surface area contributed by atoms with Gasteiger partial charge in [-0.15, -0.1) is 12.4 Å². The minimum absolute atomic E-state index is 0. The largest absolute Gasteiger partial charge is 0.458 e. The fourth-order valence-corrected chi connectivity index (χ4v) is 3.26. The molecule has 3 unspecified atom stereocenters. The highest BCUT2D eigenvalue weighted by Crippen LogP contribution is 2.26. The Hall–Kier alpha value is -0.950. The zero-order valence-electron chi connectivity index (χ0n) is 17.1. The van der Waals surface area contributed by atoms with Crippen LogP contribution in [-0.4, -0.2) is 46.3 Å². The minimum Gasteiger partial charge on any atom is -0.458 e. The predicted octanol–water partition coefficient (Wildman–Crippen LogP) is 3.21. The molecule has 4 N–H and O–H groups in total. The molecule has 1 rings (SSSR count). The third-order valence-electron chi connectivity index (χ3n) is 5.20. The van der Waals surface area contributed by atoms with E-state index in [-0.39, 0.29) is 12.4 Å². The number of Topliss-reactive ketones (excluding diaryl/α,β-unsaturated/α-hetero) is 1. The zero-order valence-corrected chi connectivity index (χ0v) is 17.9. The van der Waals surface area contributed by atoms with Crippen LogP contribution in [0.15, 0.2) is 12.2 Å². The third kappa shape index (κ3) is 9.03. The van der Waals surface area contributed by atoms with Gasteiger partial charge in [-0.3, -0.25) is 4.79 Å². The molecule has 0 aromatic carbocycles. The highest BCUT2D eigenvalue weighted by atomic mass is 35.5. The van der Waals surface area contributed by atoms with Crippen molar-refractivity contribution in [3.05, 3.63) is 12.2 Å². The number of allylic oxidation sites excluding steroid dienone is 1. The monoisotopic (exact) mass is 419 g/mol. The van der Waals surface area contributed by atoms with Gasteiger partial charge < -0.3 is 20.7 Å². The van der Waals surface area contributed by atoms with E-state index in [1.54, 1.807) is 0 Å². The third-order valence-corrected chi connectivity index (χ3v) is 5.20. The van der Waals surface area contributed by atoms with Crippen molar-refractivity contribution in [2.24, 2.45) is 5.73 Å². The molecule has 6 nitrogen and oxygen atoms in total. The van der Waals surface area contributed by atoms with Gasteiger partial charge in [0.05, 0.1) is 6.61 Å². The molecule has 1 saturated heterocycles. The summed E-state index contributed by atoms with van der Waals surface area (Å²) in [4.78, 5) is 23.3. The fourth-order valence-electron chi connectivity index (χ4n) is 3.26. The second kappa shape index (κ2) is 15.0. The number of ketones is 1. The lowest BCUT2D eigenvalue weighted by Gasteiger charge is -2.21. The van der Waals surface area contributed by atoms with Crippen molar-refractivity contribution in [1.29, 1.82) is 0 Å². The van der Waals surface area contributed by atoms with E-state index in [0.29, 0.717) is 18.6 Å². The Balaban J connectivity index is 0.00000729. The van der Waals surface area contributed by atoms with Gasteiger partial charge >= 0.3 is 5.97 Å². The van der Waals surface area contributed by atoms with Crippen LogP contribution in [0, 0.1) is 0 Å². The van der Waals surface area contributed by atoms with Crippen LogP contribution in [0.1, 0.15) is 84.0 Å². The van der Waals surface area contributed by atoms with Crippen LogP contribution < -0.4 is 5.73 Å². The number of carbonyl (C=O) groups excluding carboxylic acids is 2. The van der Waals surface area contributed by atoms with Crippen LogP contribution in [0.3, 0.4) is 0 Å². The summed E-state index contributed by atoms with van der Waals surface area (Å²) in [6.45, 7) is 1.54. The van der Waals surface area contributed by atoms with E-state index >= 15 is 0 Å². The summed E-state index contributed by atoms with van der Waals surface area (Å²) in [6.07, 6.45) is 13.5. The molecule has 1 aliphatic rings. The predicted molar refractivity (Wildman–Crippen MR) is 112 cm³/mol. The number of esters is 1. The summed E-state index contributed by atoms with van der Waals surface area (Å²) in [5, 5.41) is 19.2. The van der Waals surface area contributed by atoms with Crippen LogP contribution in [0.5, 0.6) is 0 Å². The normalized spacial score (nSPS) is 24.4. The number of hydrogen-bond acceptors (Lipinski definition) is 6. The van der Waals surface area contributed by atoms with Crippen molar-refractivity contribution < 1.29 is 24.5 Å². The second-order valence-electron chi connectivity index (χ2n) is 7.60. The highest BCUT2D eigenvalue weighted by molar-refractivity contribution is 5.85. The smallest absolute Gasteiger partial charge is 0.331 e. The Morgan fingerprint density at radius 3 is 2.29 bits per heavy atom. The number of halogens is 1. The molecule has 3 atom stereocenters. The summed E-state index contributed by atoms with van der Waals surface area (Å²) in [5.41, 5.74) is 3.97. The molecule has 0 aliphatic carbocycles. The molecular weight excluding hydrogens is 382 g/mol.